The van der Waals surface area contributed by atoms with Crippen molar-refractivity contribution in [2.24, 2.45) is 0 Å². The molecule has 0 spiro atoms. The molecule has 0 atom stereocenters. The van der Waals surface area contributed by atoms with Crippen LogP contribution in [0.2, 0.25) is 0 Å². The van der Waals surface area contributed by atoms with Crippen molar-refractivity contribution in [2.75, 3.05) is 6.26 Å². The van der Waals surface area contributed by atoms with Crippen LogP contribution in [0.3, 0.4) is 0 Å². The minimum atomic E-state index is -0.0679. The standard InChI is InChI=1S/C19H15BrN4OS/c1-26-19-21-10-14-4-7-17(25)24(18(14)22-19)11-13-2-5-16(6-3-13)23-9-8-15(20)12-23/h2-10,12H,11H2,1H3. The van der Waals surface area contributed by atoms with Gasteiger partial charge in [-0.1, -0.05) is 23.9 Å². The summed E-state index contributed by atoms with van der Waals surface area (Å²) in [5.41, 5.74) is 2.70. The number of thioether (sulfide) groups is 1. The lowest BCUT2D eigenvalue weighted by molar-refractivity contribution is 0.771. The van der Waals surface area contributed by atoms with Gasteiger partial charge in [0.05, 0.1) is 6.54 Å². The monoisotopic (exact) mass is 426 g/mol. The predicted octanol–water partition coefficient (Wildman–Crippen LogP) is 4.11. The first-order chi connectivity index (χ1) is 12.6. The Morgan fingerprint density at radius 2 is 1.92 bits per heavy atom. The minimum absolute atomic E-state index is 0.0679. The summed E-state index contributed by atoms with van der Waals surface area (Å²) in [5.74, 6) is 0. The van der Waals surface area contributed by atoms with Crippen LogP contribution in [-0.2, 0) is 6.54 Å². The third kappa shape index (κ3) is 3.32. The van der Waals surface area contributed by atoms with E-state index in [1.807, 2.05) is 53.5 Å². The van der Waals surface area contributed by atoms with Gasteiger partial charge in [-0.15, -0.1) is 0 Å². The van der Waals surface area contributed by atoms with Crippen LogP contribution in [0, 0.1) is 0 Å². The fourth-order valence-corrected chi connectivity index (χ4v) is 3.47. The summed E-state index contributed by atoms with van der Waals surface area (Å²) in [6, 6.07) is 13.5. The number of benzene rings is 1. The van der Waals surface area contributed by atoms with Crippen molar-refractivity contribution in [2.45, 2.75) is 11.7 Å². The molecule has 0 bridgehead atoms. The predicted molar refractivity (Wildman–Crippen MR) is 108 cm³/mol. The molecule has 130 valence electrons. The Labute approximate surface area is 162 Å². The van der Waals surface area contributed by atoms with Gasteiger partial charge >= 0.3 is 0 Å². The first-order valence-electron chi connectivity index (χ1n) is 7.97. The van der Waals surface area contributed by atoms with Crippen molar-refractivity contribution in [3.63, 3.8) is 0 Å². The summed E-state index contributed by atoms with van der Waals surface area (Å²) in [6.07, 6.45) is 7.68. The van der Waals surface area contributed by atoms with Gasteiger partial charge in [0, 0.05) is 40.2 Å². The molecule has 0 saturated carbocycles. The largest absolute Gasteiger partial charge is 0.323 e. The minimum Gasteiger partial charge on any atom is -0.323 e. The van der Waals surface area contributed by atoms with Gasteiger partial charge in [-0.2, -0.15) is 0 Å². The number of hydrogen-bond donors (Lipinski definition) is 0. The molecule has 5 nitrogen and oxygen atoms in total. The maximum absolute atomic E-state index is 12.4. The van der Waals surface area contributed by atoms with Crippen LogP contribution in [0.4, 0.5) is 0 Å². The van der Waals surface area contributed by atoms with Crippen molar-refractivity contribution < 1.29 is 0 Å². The fraction of sp³-hybridized carbons (Fsp3) is 0.105. The van der Waals surface area contributed by atoms with E-state index < -0.39 is 0 Å². The van der Waals surface area contributed by atoms with E-state index in [4.69, 9.17) is 0 Å². The molecule has 0 aliphatic carbocycles. The molecule has 0 aliphatic heterocycles. The Morgan fingerprint density at radius 1 is 1.12 bits per heavy atom. The van der Waals surface area contributed by atoms with E-state index in [-0.39, 0.29) is 5.56 Å². The van der Waals surface area contributed by atoms with Crippen molar-refractivity contribution >= 4 is 38.7 Å². The number of fused-ring (bicyclic) bond motifs is 1. The normalized spacial score (nSPS) is 11.2. The highest BCUT2D eigenvalue weighted by Gasteiger charge is 2.08. The highest BCUT2D eigenvalue weighted by molar-refractivity contribution is 9.10. The van der Waals surface area contributed by atoms with E-state index in [2.05, 4.69) is 25.9 Å². The van der Waals surface area contributed by atoms with Crippen LogP contribution < -0.4 is 5.56 Å². The highest BCUT2D eigenvalue weighted by Crippen LogP contribution is 2.18. The molecule has 3 heterocycles. The maximum Gasteiger partial charge on any atom is 0.252 e. The van der Waals surface area contributed by atoms with E-state index in [0.29, 0.717) is 17.3 Å². The lowest BCUT2D eigenvalue weighted by atomic mass is 10.2. The first kappa shape index (κ1) is 17.1. The molecular weight excluding hydrogens is 412 g/mol. The SMILES string of the molecule is CSc1ncc2ccc(=O)n(Cc3ccc(-n4ccc(Br)c4)cc3)c2n1. The first-order valence-corrected chi connectivity index (χ1v) is 9.99. The van der Waals surface area contributed by atoms with Crippen LogP contribution in [0.5, 0.6) is 0 Å². The van der Waals surface area contributed by atoms with Gasteiger partial charge in [0.15, 0.2) is 5.16 Å². The molecule has 0 N–H and O–H groups in total. The molecule has 1 aromatic carbocycles. The molecular formula is C19H15BrN4OS. The van der Waals surface area contributed by atoms with Crippen LogP contribution in [0.1, 0.15) is 5.56 Å². The van der Waals surface area contributed by atoms with Gasteiger partial charge in [-0.25, -0.2) is 9.97 Å². The van der Waals surface area contributed by atoms with Crippen LogP contribution in [-0.4, -0.2) is 25.4 Å². The van der Waals surface area contributed by atoms with Gasteiger partial charge in [0.2, 0.25) is 0 Å². The molecule has 0 aliphatic rings. The van der Waals surface area contributed by atoms with E-state index in [9.17, 15) is 4.79 Å². The number of nitrogens with zero attached hydrogens (tertiary/aromatic N) is 4. The Hall–Kier alpha value is -2.38. The van der Waals surface area contributed by atoms with Gasteiger partial charge in [-0.05, 0) is 52.0 Å². The van der Waals surface area contributed by atoms with Crippen molar-refractivity contribution in [3.8, 4) is 5.69 Å². The van der Waals surface area contributed by atoms with Crippen molar-refractivity contribution in [1.29, 1.82) is 0 Å². The van der Waals surface area contributed by atoms with Crippen LogP contribution >= 0.6 is 27.7 Å². The zero-order chi connectivity index (χ0) is 18.1. The van der Waals surface area contributed by atoms with Crippen LogP contribution in [0.15, 0.2) is 75.5 Å². The number of hydrogen-bond acceptors (Lipinski definition) is 4. The molecule has 0 radical (unpaired) electrons. The fourth-order valence-electron chi connectivity index (χ4n) is 2.79. The zero-order valence-electron chi connectivity index (χ0n) is 14.0. The van der Waals surface area contributed by atoms with E-state index >= 15 is 0 Å². The highest BCUT2D eigenvalue weighted by atomic mass is 79.9. The summed E-state index contributed by atoms with van der Waals surface area (Å²) in [4.78, 5) is 21.2. The Bertz CT molecular complexity index is 1130. The molecule has 4 rings (SSSR count). The van der Waals surface area contributed by atoms with E-state index in [1.165, 1.54) is 11.8 Å². The van der Waals surface area contributed by atoms with Crippen molar-refractivity contribution in [3.05, 3.63) is 81.4 Å². The second-order valence-electron chi connectivity index (χ2n) is 5.80. The number of pyridine rings is 1. The molecule has 3 aromatic heterocycles. The number of aromatic nitrogens is 4. The summed E-state index contributed by atoms with van der Waals surface area (Å²) >= 11 is 4.92. The van der Waals surface area contributed by atoms with Crippen LogP contribution in [0.25, 0.3) is 16.7 Å². The zero-order valence-corrected chi connectivity index (χ0v) is 16.4. The average molecular weight is 427 g/mol. The second kappa shape index (κ2) is 7.09. The molecule has 0 unspecified atom stereocenters. The topological polar surface area (TPSA) is 52.7 Å². The smallest absolute Gasteiger partial charge is 0.252 e. The lowest BCUT2D eigenvalue weighted by Crippen LogP contribution is -2.21. The average Bonchev–Trinajstić information content (AvgIpc) is 3.10. The maximum atomic E-state index is 12.4. The van der Waals surface area contributed by atoms with Gasteiger partial charge in [0.25, 0.3) is 5.56 Å². The Morgan fingerprint density at radius 3 is 2.62 bits per heavy atom. The lowest BCUT2D eigenvalue weighted by Gasteiger charge is -2.11. The second-order valence-corrected chi connectivity index (χ2v) is 7.49. The molecule has 26 heavy (non-hydrogen) atoms. The van der Waals surface area contributed by atoms with Crippen molar-refractivity contribution in [1.82, 2.24) is 19.1 Å². The van der Waals surface area contributed by atoms with Gasteiger partial charge < -0.3 is 4.57 Å². The summed E-state index contributed by atoms with van der Waals surface area (Å²) < 4.78 is 4.77. The van der Waals surface area contributed by atoms with E-state index in [0.717, 1.165) is 21.1 Å². The summed E-state index contributed by atoms with van der Waals surface area (Å²) in [7, 11) is 0. The summed E-state index contributed by atoms with van der Waals surface area (Å²) in [6.45, 7) is 0.469. The van der Waals surface area contributed by atoms with Gasteiger partial charge in [0.1, 0.15) is 5.65 Å². The Kier molecular flexibility index (Phi) is 4.65. The third-order valence-corrected chi connectivity index (χ3v) is 5.15. The molecule has 7 heteroatoms. The number of halogens is 1. The van der Waals surface area contributed by atoms with E-state index in [1.54, 1.807) is 22.9 Å². The third-order valence-electron chi connectivity index (χ3n) is 4.12. The Balaban J connectivity index is 1.70. The molecule has 0 amide bonds. The quantitative estimate of drug-likeness (QED) is 0.363. The molecule has 4 aromatic rings. The number of rotatable bonds is 4. The summed E-state index contributed by atoms with van der Waals surface area (Å²) in [5, 5.41) is 1.52. The molecule has 0 fully saturated rings. The van der Waals surface area contributed by atoms with Gasteiger partial charge in [-0.3, -0.25) is 9.36 Å². The molecule has 0 saturated heterocycles.